The number of fused-ring (bicyclic) bond motifs is 9. The fourth-order valence-corrected chi connectivity index (χ4v) is 8.41. The van der Waals surface area contributed by atoms with Gasteiger partial charge in [0.05, 0.1) is 28.9 Å². The molecule has 0 aliphatic heterocycles. The summed E-state index contributed by atoms with van der Waals surface area (Å²) in [4.78, 5) is 15.5. The third-order valence-corrected chi connectivity index (χ3v) is 10.9. The molecule has 0 saturated heterocycles. The number of hydrogen-bond acceptors (Lipinski definition) is 3. The van der Waals surface area contributed by atoms with Crippen molar-refractivity contribution >= 4 is 43.6 Å². The van der Waals surface area contributed by atoms with Gasteiger partial charge in [-0.25, -0.2) is 4.98 Å². The summed E-state index contributed by atoms with van der Waals surface area (Å²) in [5.41, 5.74) is 9.89. The Morgan fingerprint density at radius 3 is 1.79 bits per heavy atom. The molecule has 1 aliphatic carbocycles. The van der Waals surface area contributed by atoms with Crippen molar-refractivity contribution in [1.82, 2.24) is 24.1 Å². The second-order valence-electron chi connectivity index (χ2n) is 14.1. The molecular formula is C48H33N5. The minimum Gasteiger partial charge on any atom is -0.309 e. The predicted molar refractivity (Wildman–Crippen MR) is 217 cm³/mol. The van der Waals surface area contributed by atoms with Gasteiger partial charge in [0.2, 0.25) is 5.95 Å². The zero-order valence-electron chi connectivity index (χ0n) is 33.9. The van der Waals surface area contributed by atoms with Crippen molar-refractivity contribution < 1.29 is 6.85 Å². The third kappa shape index (κ3) is 4.34. The zero-order valence-corrected chi connectivity index (χ0v) is 28.9. The number of nitrogens with zero attached hydrogens (tertiary/aromatic N) is 5. The van der Waals surface area contributed by atoms with Crippen LogP contribution in [-0.4, -0.2) is 24.1 Å². The maximum atomic E-state index is 8.93. The summed E-state index contributed by atoms with van der Waals surface area (Å²) in [6.45, 7) is 4.54. The lowest BCUT2D eigenvalue weighted by Crippen LogP contribution is -2.14. The van der Waals surface area contributed by atoms with Crippen LogP contribution in [0.5, 0.6) is 0 Å². The van der Waals surface area contributed by atoms with Crippen LogP contribution >= 0.6 is 0 Å². The second kappa shape index (κ2) is 11.1. The average molecular weight is 685 g/mol. The third-order valence-electron chi connectivity index (χ3n) is 10.9. The fraction of sp³-hybridized carbons (Fsp3) is 0.0625. The van der Waals surface area contributed by atoms with Gasteiger partial charge in [-0.1, -0.05) is 135 Å². The standard InChI is InChI=1S/C48H33N5/c1-48(2)39-22-12-9-19-33(39)36-27-31(25-26-40(36)48)46-49-45(30-15-5-3-6-16-30)50-47(51-46)53-42-24-14-11-21-35(42)38-28-43-37(29-44(38)53)34-20-10-13-23-41(34)52(43)32-17-7-4-8-18-32/h3-29H,1-2H3/i4D,7D,8D,17D,18D. The molecule has 3 heterocycles. The average Bonchev–Trinajstić information content (AvgIpc) is 3.84. The van der Waals surface area contributed by atoms with Gasteiger partial charge in [0.15, 0.2) is 11.6 Å². The molecule has 0 N–H and O–H groups in total. The molecule has 1 aliphatic rings. The van der Waals surface area contributed by atoms with Crippen molar-refractivity contribution in [2.75, 3.05) is 0 Å². The van der Waals surface area contributed by atoms with E-state index in [0.717, 1.165) is 54.7 Å². The molecule has 0 unspecified atom stereocenters. The molecular weight excluding hydrogens is 647 g/mol. The van der Waals surface area contributed by atoms with Gasteiger partial charge in [-0.3, -0.25) is 4.57 Å². The van der Waals surface area contributed by atoms with Gasteiger partial charge in [-0.2, -0.15) is 9.97 Å². The first-order chi connectivity index (χ1) is 28.1. The van der Waals surface area contributed by atoms with Crippen molar-refractivity contribution in [3.8, 4) is 45.5 Å². The summed E-state index contributed by atoms with van der Waals surface area (Å²) < 4.78 is 47.0. The van der Waals surface area contributed by atoms with Gasteiger partial charge >= 0.3 is 0 Å². The predicted octanol–water partition coefficient (Wildman–Crippen LogP) is 11.7. The minimum absolute atomic E-state index is 0.107. The van der Waals surface area contributed by atoms with E-state index in [2.05, 4.69) is 85.1 Å². The van der Waals surface area contributed by atoms with E-state index < -0.39 is 6.04 Å². The number of para-hydroxylation sites is 3. The Kier molecular flexibility index (Phi) is 5.26. The lowest BCUT2D eigenvalue weighted by atomic mass is 9.82. The van der Waals surface area contributed by atoms with Crippen molar-refractivity contribution in [2.24, 2.45) is 0 Å². The van der Waals surface area contributed by atoms with E-state index in [-0.39, 0.29) is 35.3 Å². The number of benzene rings is 7. The molecule has 11 rings (SSSR count). The quantitative estimate of drug-likeness (QED) is 0.185. The van der Waals surface area contributed by atoms with Crippen molar-refractivity contribution in [2.45, 2.75) is 19.3 Å². The van der Waals surface area contributed by atoms with E-state index in [9.17, 15) is 0 Å². The highest BCUT2D eigenvalue weighted by atomic mass is 15.2. The molecule has 250 valence electrons. The van der Waals surface area contributed by atoms with Gasteiger partial charge < -0.3 is 4.57 Å². The Balaban J connectivity index is 1.21. The molecule has 0 spiro atoms. The van der Waals surface area contributed by atoms with Crippen LogP contribution < -0.4 is 0 Å². The highest BCUT2D eigenvalue weighted by Gasteiger charge is 2.35. The number of rotatable bonds is 4. The van der Waals surface area contributed by atoms with E-state index in [1.165, 1.54) is 22.3 Å². The molecule has 3 aromatic heterocycles. The van der Waals surface area contributed by atoms with Gasteiger partial charge in [0.1, 0.15) is 0 Å². The van der Waals surface area contributed by atoms with Crippen LogP contribution in [0.25, 0.3) is 89.2 Å². The second-order valence-corrected chi connectivity index (χ2v) is 14.1. The summed E-state index contributed by atoms with van der Waals surface area (Å²) >= 11 is 0. The first-order valence-electron chi connectivity index (χ1n) is 20.2. The lowest BCUT2D eigenvalue weighted by Gasteiger charge is -2.21. The summed E-state index contributed by atoms with van der Waals surface area (Å²) in [7, 11) is 0. The minimum atomic E-state index is -0.426. The van der Waals surface area contributed by atoms with Crippen molar-refractivity contribution in [3.05, 3.63) is 175 Å². The molecule has 0 amide bonds. The molecule has 0 atom stereocenters. The molecule has 5 heteroatoms. The molecule has 0 fully saturated rings. The summed E-state index contributed by atoms with van der Waals surface area (Å²) in [5, 5.41) is 3.60. The van der Waals surface area contributed by atoms with Crippen LogP contribution in [0, 0.1) is 0 Å². The molecule has 10 aromatic rings. The molecule has 0 bridgehead atoms. The molecule has 0 radical (unpaired) electrons. The smallest absolute Gasteiger partial charge is 0.238 e. The van der Waals surface area contributed by atoms with Crippen molar-refractivity contribution in [3.63, 3.8) is 0 Å². The van der Waals surface area contributed by atoms with E-state index in [4.69, 9.17) is 21.8 Å². The Morgan fingerprint density at radius 1 is 0.472 bits per heavy atom. The first kappa shape index (κ1) is 25.2. The highest BCUT2D eigenvalue weighted by molar-refractivity contribution is 6.18. The maximum Gasteiger partial charge on any atom is 0.238 e. The summed E-state index contributed by atoms with van der Waals surface area (Å²) in [6.07, 6.45) is 0. The van der Waals surface area contributed by atoms with E-state index >= 15 is 0 Å². The van der Waals surface area contributed by atoms with Crippen LogP contribution in [0.4, 0.5) is 0 Å². The SMILES string of the molecule is [2H]c1c([2H])c([2H])c(-n2c3ccccc3c3cc4c(cc32)c2ccccc2n4-c2nc(-c3ccccc3)nc(-c3ccc4c(c3)-c3ccccc3C4(C)C)n2)c([2H])c1[2H]. The summed E-state index contributed by atoms with van der Waals surface area (Å²) in [5.74, 6) is 1.57. The van der Waals surface area contributed by atoms with Crippen LogP contribution in [-0.2, 0) is 5.41 Å². The summed E-state index contributed by atoms with van der Waals surface area (Å²) in [6, 6.07) is 43.4. The lowest BCUT2D eigenvalue weighted by molar-refractivity contribution is 0.660. The molecule has 7 aromatic carbocycles. The normalized spacial score (nSPS) is 14.6. The van der Waals surface area contributed by atoms with Crippen LogP contribution in [0.3, 0.4) is 0 Å². The fourth-order valence-electron chi connectivity index (χ4n) is 8.41. The Morgan fingerprint density at radius 2 is 1.06 bits per heavy atom. The van der Waals surface area contributed by atoms with E-state index in [0.29, 0.717) is 17.6 Å². The van der Waals surface area contributed by atoms with Crippen LogP contribution in [0.2, 0.25) is 0 Å². The number of hydrogen-bond donors (Lipinski definition) is 0. The van der Waals surface area contributed by atoms with Gasteiger partial charge in [-0.05, 0) is 64.7 Å². The monoisotopic (exact) mass is 684 g/mol. The van der Waals surface area contributed by atoms with E-state index in [1.807, 2.05) is 66.7 Å². The van der Waals surface area contributed by atoms with Gasteiger partial charge in [0, 0.05) is 43.8 Å². The Labute approximate surface area is 313 Å². The van der Waals surface area contributed by atoms with Gasteiger partial charge in [0.25, 0.3) is 0 Å². The zero-order chi connectivity index (χ0) is 39.6. The largest absolute Gasteiger partial charge is 0.309 e. The first-order valence-corrected chi connectivity index (χ1v) is 17.7. The van der Waals surface area contributed by atoms with Crippen LogP contribution in [0.15, 0.2) is 164 Å². The van der Waals surface area contributed by atoms with Gasteiger partial charge in [-0.15, -0.1) is 0 Å². The highest BCUT2D eigenvalue weighted by Crippen LogP contribution is 2.49. The number of aromatic nitrogens is 5. The van der Waals surface area contributed by atoms with Crippen LogP contribution in [0.1, 0.15) is 31.8 Å². The molecule has 0 saturated carbocycles. The topological polar surface area (TPSA) is 48.5 Å². The van der Waals surface area contributed by atoms with Crippen molar-refractivity contribution in [1.29, 1.82) is 0 Å². The molecule has 53 heavy (non-hydrogen) atoms. The Bertz CT molecular complexity index is 3360. The maximum absolute atomic E-state index is 8.93. The molecule has 5 nitrogen and oxygen atoms in total. The Hall–Kier alpha value is -6.85. The van der Waals surface area contributed by atoms with E-state index in [1.54, 1.807) is 4.57 Å².